The van der Waals surface area contributed by atoms with Crippen LogP contribution in [0.15, 0.2) is 42.5 Å². The summed E-state index contributed by atoms with van der Waals surface area (Å²) in [5, 5.41) is 6.06. The maximum absolute atomic E-state index is 12.4. The first-order chi connectivity index (χ1) is 13.3. The van der Waals surface area contributed by atoms with Gasteiger partial charge >= 0.3 is 0 Å². The molecule has 0 aliphatic carbocycles. The first-order valence-electron chi connectivity index (χ1n) is 9.83. The standard InChI is InChI=1S/C23H31N3O2/c1-6-20(19-12-10-16(2)11-13-19)24-21(27)14-26(5)15-22(28)25-23-17(3)8-7-9-18(23)4/h7-13,20H,6,14-15H2,1-5H3,(H,24,27)(H,25,28)/p+1/t20-/m0/s1. The molecule has 1 unspecified atom stereocenters. The number of hydrogen-bond donors (Lipinski definition) is 3. The molecule has 0 spiro atoms. The number of rotatable bonds is 8. The summed E-state index contributed by atoms with van der Waals surface area (Å²) in [6, 6.07) is 14.1. The molecule has 150 valence electrons. The number of benzene rings is 2. The Bertz CT molecular complexity index is 795. The van der Waals surface area contributed by atoms with Crippen LogP contribution >= 0.6 is 0 Å². The summed E-state index contributed by atoms with van der Waals surface area (Å²) in [5.41, 5.74) is 5.23. The van der Waals surface area contributed by atoms with Gasteiger partial charge < -0.3 is 15.5 Å². The van der Waals surface area contributed by atoms with Gasteiger partial charge in [0.15, 0.2) is 13.1 Å². The maximum Gasteiger partial charge on any atom is 0.279 e. The van der Waals surface area contributed by atoms with Crippen LogP contribution in [0.4, 0.5) is 5.69 Å². The Kier molecular flexibility index (Phi) is 7.76. The fourth-order valence-corrected chi connectivity index (χ4v) is 3.27. The highest BCUT2D eigenvalue weighted by Gasteiger charge is 2.18. The number of carbonyl (C=O) groups is 2. The number of quaternary nitrogens is 1. The van der Waals surface area contributed by atoms with Crippen LogP contribution in [0.2, 0.25) is 0 Å². The summed E-state index contributed by atoms with van der Waals surface area (Å²) in [5.74, 6) is -0.141. The minimum Gasteiger partial charge on any atom is -0.344 e. The van der Waals surface area contributed by atoms with Crippen LogP contribution < -0.4 is 15.5 Å². The van der Waals surface area contributed by atoms with E-state index in [1.54, 1.807) is 0 Å². The molecule has 0 saturated carbocycles. The van der Waals surface area contributed by atoms with Gasteiger partial charge in [0.25, 0.3) is 11.8 Å². The van der Waals surface area contributed by atoms with Crippen molar-refractivity contribution in [3.05, 3.63) is 64.7 Å². The minimum absolute atomic E-state index is 0.00987. The lowest BCUT2D eigenvalue weighted by molar-refractivity contribution is -0.862. The zero-order valence-electron chi connectivity index (χ0n) is 17.6. The normalized spacial score (nSPS) is 12.9. The third kappa shape index (κ3) is 6.20. The van der Waals surface area contributed by atoms with Crippen LogP contribution in [0.3, 0.4) is 0 Å². The molecule has 2 aromatic carbocycles. The van der Waals surface area contributed by atoms with Crippen molar-refractivity contribution >= 4 is 17.5 Å². The minimum atomic E-state index is -0.0896. The second kappa shape index (κ2) is 10.0. The van der Waals surface area contributed by atoms with Gasteiger partial charge in [-0.15, -0.1) is 0 Å². The molecule has 0 fully saturated rings. The average molecular weight is 383 g/mol. The van der Waals surface area contributed by atoms with Crippen LogP contribution in [0.1, 0.15) is 41.6 Å². The van der Waals surface area contributed by atoms with Gasteiger partial charge in [0, 0.05) is 5.69 Å². The van der Waals surface area contributed by atoms with Crippen molar-refractivity contribution in [2.45, 2.75) is 40.2 Å². The fraction of sp³-hybridized carbons (Fsp3) is 0.391. The number of hydrogen-bond acceptors (Lipinski definition) is 2. The number of para-hydroxylation sites is 1. The van der Waals surface area contributed by atoms with Gasteiger partial charge in [-0.2, -0.15) is 0 Å². The smallest absolute Gasteiger partial charge is 0.279 e. The highest BCUT2D eigenvalue weighted by atomic mass is 16.2. The van der Waals surface area contributed by atoms with Crippen molar-refractivity contribution in [2.75, 3.05) is 25.5 Å². The third-order valence-corrected chi connectivity index (χ3v) is 4.89. The van der Waals surface area contributed by atoms with Crippen molar-refractivity contribution in [3.8, 4) is 0 Å². The highest BCUT2D eigenvalue weighted by Crippen LogP contribution is 2.19. The molecule has 3 N–H and O–H groups in total. The van der Waals surface area contributed by atoms with Crippen molar-refractivity contribution in [3.63, 3.8) is 0 Å². The zero-order chi connectivity index (χ0) is 20.7. The molecule has 0 aliphatic rings. The van der Waals surface area contributed by atoms with Gasteiger partial charge in [0.1, 0.15) is 0 Å². The summed E-state index contributed by atoms with van der Waals surface area (Å²) >= 11 is 0. The second-order valence-electron chi connectivity index (χ2n) is 7.56. The Morgan fingerprint density at radius 3 is 2.07 bits per heavy atom. The summed E-state index contributed by atoms with van der Waals surface area (Å²) in [4.78, 5) is 25.7. The summed E-state index contributed by atoms with van der Waals surface area (Å²) in [7, 11) is 1.86. The van der Waals surface area contributed by atoms with E-state index in [0.717, 1.165) is 33.7 Å². The summed E-state index contributed by atoms with van der Waals surface area (Å²) in [6.07, 6.45) is 0.820. The van der Waals surface area contributed by atoms with E-state index in [0.29, 0.717) is 0 Å². The van der Waals surface area contributed by atoms with Gasteiger partial charge in [-0.25, -0.2) is 0 Å². The van der Waals surface area contributed by atoms with E-state index in [-0.39, 0.29) is 30.9 Å². The van der Waals surface area contributed by atoms with Crippen molar-refractivity contribution in [2.24, 2.45) is 0 Å². The van der Waals surface area contributed by atoms with Gasteiger partial charge in [-0.1, -0.05) is 55.0 Å². The number of carbonyl (C=O) groups excluding carboxylic acids is 2. The van der Waals surface area contributed by atoms with E-state index >= 15 is 0 Å². The SMILES string of the molecule is CC[C@H](NC(=O)C[NH+](C)CC(=O)Nc1c(C)cccc1C)c1ccc(C)cc1. The predicted octanol–water partition coefficient (Wildman–Crippen LogP) is 2.33. The fourth-order valence-electron chi connectivity index (χ4n) is 3.27. The molecule has 0 heterocycles. The molecular weight excluding hydrogens is 350 g/mol. The molecule has 2 atom stereocenters. The van der Waals surface area contributed by atoms with Gasteiger partial charge in [0.05, 0.1) is 13.1 Å². The monoisotopic (exact) mass is 382 g/mol. The van der Waals surface area contributed by atoms with E-state index in [2.05, 4.69) is 41.8 Å². The predicted molar refractivity (Wildman–Crippen MR) is 114 cm³/mol. The largest absolute Gasteiger partial charge is 0.344 e. The lowest BCUT2D eigenvalue weighted by Crippen LogP contribution is -3.11. The Morgan fingerprint density at radius 2 is 1.50 bits per heavy atom. The average Bonchev–Trinajstić information content (AvgIpc) is 2.63. The van der Waals surface area contributed by atoms with E-state index in [1.165, 1.54) is 5.56 Å². The van der Waals surface area contributed by atoms with Crippen molar-refractivity contribution in [1.29, 1.82) is 0 Å². The Morgan fingerprint density at radius 1 is 0.929 bits per heavy atom. The summed E-state index contributed by atoms with van der Waals surface area (Å²) < 4.78 is 0. The van der Waals surface area contributed by atoms with Gasteiger partial charge in [-0.3, -0.25) is 9.59 Å². The van der Waals surface area contributed by atoms with Crippen molar-refractivity contribution < 1.29 is 14.5 Å². The first-order valence-corrected chi connectivity index (χ1v) is 9.83. The molecule has 0 saturated heterocycles. The van der Waals surface area contributed by atoms with Crippen LogP contribution in [0, 0.1) is 20.8 Å². The lowest BCUT2D eigenvalue weighted by atomic mass is 10.0. The van der Waals surface area contributed by atoms with Crippen molar-refractivity contribution in [1.82, 2.24) is 5.32 Å². The first kappa shape index (κ1) is 21.6. The lowest BCUT2D eigenvalue weighted by Gasteiger charge is -2.20. The number of amides is 2. The zero-order valence-corrected chi connectivity index (χ0v) is 17.6. The topological polar surface area (TPSA) is 62.6 Å². The van der Waals surface area contributed by atoms with Gasteiger partial charge in [0.2, 0.25) is 0 Å². The Labute approximate surface area is 168 Å². The molecule has 5 nitrogen and oxygen atoms in total. The molecule has 0 radical (unpaired) electrons. The molecule has 5 heteroatoms. The van der Waals surface area contributed by atoms with Crippen LogP contribution in [0.25, 0.3) is 0 Å². The third-order valence-electron chi connectivity index (χ3n) is 4.89. The van der Waals surface area contributed by atoms with E-state index in [9.17, 15) is 9.59 Å². The molecular formula is C23H32N3O2+. The number of anilines is 1. The van der Waals surface area contributed by atoms with Gasteiger partial charge in [-0.05, 0) is 43.9 Å². The maximum atomic E-state index is 12.4. The van der Waals surface area contributed by atoms with Crippen LogP contribution in [0.5, 0.6) is 0 Å². The van der Waals surface area contributed by atoms with E-state index < -0.39 is 0 Å². The molecule has 0 aliphatic heterocycles. The molecule has 2 rings (SSSR count). The van der Waals surface area contributed by atoms with Crippen LogP contribution in [-0.4, -0.2) is 32.0 Å². The number of aryl methyl sites for hydroxylation is 3. The van der Waals surface area contributed by atoms with E-state index in [1.807, 2.05) is 46.0 Å². The molecule has 28 heavy (non-hydrogen) atoms. The second-order valence-corrected chi connectivity index (χ2v) is 7.56. The summed E-state index contributed by atoms with van der Waals surface area (Å²) in [6.45, 7) is 8.54. The highest BCUT2D eigenvalue weighted by molar-refractivity contribution is 5.93. The molecule has 2 aromatic rings. The molecule has 2 amide bonds. The number of likely N-dealkylation sites (N-methyl/N-ethyl adjacent to an activating group) is 1. The Balaban J connectivity index is 1.87. The van der Waals surface area contributed by atoms with Crippen LogP contribution in [-0.2, 0) is 9.59 Å². The quantitative estimate of drug-likeness (QED) is 0.656. The molecule has 0 aromatic heterocycles. The Hall–Kier alpha value is -2.66. The van der Waals surface area contributed by atoms with E-state index in [4.69, 9.17) is 0 Å². The molecule has 0 bridgehead atoms. The number of nitrogens with one attached hydrogen (secondary N) is 3.